The summed E-state index contributed by atoms with van der Waals surface area (Å²) in [7, 11) is 0. The molecule has 0 aliphatic carbocycles. The maximum absolute atomic E-state index is 4.68. The van der Waals surface area contributed by atoms with Crippen LogP contribution in [0.15, 0.2) is 47.5 Å². The Bertz CT molecular complexity index is 712. The van der Waals surface area contributed by atoms with Gasteiger partial charge in [-0.1, -0.05) is 69.5 Å². The standard InChI is InChI=1S/C22H25N/c1-16(2)20-9-6-10-21(17(3)4)22(20)23-15-7-8-19-13-11-18(5)12-14-19/h6,9-17H,1-5H3. The molecule has 0 fully saturated rings. The van der Waals surface area contributed by atoms with E-state index in [2.05, 4.69) is 81.8 Å². The van der Waals surface area contributed by atoms with Gasteiger partial charge in [-0.15, -0.1) is 0 Å². The highest BCUT2D eigenvalue weighted by Gasteiger charge is 2.12. The number of nitrogens with zero attached hydrogens (tertiary/aromatic N) is 1. The van der Waals surface area contributed by atoms with Crippen molar-refractivity contribution in [2.75, 3.05) is 0 Å². The Morgan fingerprint density at radius 1 is 0.870 bits per heavy atom. The van der Waals surface area contributed by atoms with Crippen molar-refractivity contribution in [3.8, 4) is 11.8 Å². The van der Waals surface area contributed by atoms with Crippen LogP contribution in [0, 0.1) is 18.8 Å². The third kappa shape index (κ3) is 4.57. The summed E-state index contributed by atoms with van der Waals surface area (Å²) in [6, 6.07) is 14.7. The molecule has 2 aromatic rings. The predicted octanol–water partition coefficient (Wildman–Crippen LogP) is 6.00. The number of hydrogen-bond acceptors (Lipinski definition) is 1. The second kappa shape index (κ2) is 7.79. The van der Waals surface area contributed by atoms with Crippen molar-refractivity contribution < 1.29 is 0 Å². The Hall–Kier alpha value is -2.33. The smallest absolute Gasteiger partial charge is 0.0777 e. The fraction of sp³-hybridized carbons (Fsp3) is 0.318. The van der Waals surface area contributed by atoms with E-state index in [1.807, 2.05) is 12.1 Å². The minimum Gasteiger partial charge on any atom is -0.247 e. The highest BCUT2D eigenvalue weighted by molar-refractivity contribution is 5.82. The van der Waals surface area contributed by atoms with Crippen molar-refractivity contribution in [3.05, 3.63) is 64.7 Å². The van der Waals surface area contributed by atoms with Crippen molar-refractivity contribution >= 4 is 11.9 Å². The Balaban J connectivity index is 2.30. The Kier molecular flexibility index (Phi) is 5.77. The topological polar surface area (TPSA) is 12.4 Å². The lowest BCUT2D eigenvalue weighted by molar-refractivity contribution is 0.835. The molecule has 0 heterocycles. The molecule has 1 heteroatoms. The average Bonchev–Trinajstić information content (AvgIpc) is 2.52. The minimum absolute atomic E-state index is 0.450. The van der Waals surface area contributed by atoms with E-state index in [9.17, 15) is 0 Å². The zero-order valence-corrected chi connectivity index (χ0v) is 14.7. The molecule has 0 saturated heterocycles. The van der Waals surface area contributed by atoms with Gasteiger partial charge in [0.05, 0.1) is 11.9 Å². The molecule has 0 spiro atoms. The zero-order valence-electron chi connectivity index (χ0n) is 14.7. The molecule has 2 aromatic carbocycles. The normalized spacial score (nSPS) is 11.1. The number of para-hydroxylation sites is 1. The van der Waals surface area contributed by atoms with Crippen LogP contribution < -0.4 is 0 Å². The van der Waals surface area contributed by atoms with E-state index in [4.69, 9.17) is 0 Å². The molecule has 0 radical (unpaired) electrons. The van der Waals surface area contributed by atoms with E-state index in [1.54, 1.807) is 6.21 Å². The second-order valence-corrected chi connectivity index (χ2v) is 6.49. The summed E-state index contributed by atoms with van der Waals surface area (Å²) in [5.74, 6) is 7.10. The summed E-state index contributed by atoms with van der Waals surface area (Å²) < 4.78 is 0. The van der Waals surface area contributed by atoms with Gasteiger partial charge in [-0.3, -0.25) is 0 Å². The van der Waals surface area contributed by atoms with Crippen molar-refractivity contribution in [1.29, 1.82) is 0 Å². The van der Waals surface area contributed by atoms with Crippen molar-refractivity contribution in [1.82, 2.24) is 0 Å². The SMILES string of the molecule is Cc1ccc(C#CC=Nc2c(C(C)C)cccc2C(C)C)cc1. The van der Waals surface area contributed by atoms with Crippen LogP contribution in [0.2, 0.25) is 0 Å². The van der Waals surface area contributed by atoms with Gasteiger partial charge in [-0.25, -0.2) is 4.99 Å². The van der Waals surface area contributed by atoms with E-state index >= 15 is 0 Å². The van der Waals surface area contributed by atoms with Crippen LogP contribution in [-0.4, -0.2) is 6.21 Å². The van der Waals surface area contributed by atoms with E-state index in [1.165, 1.54) is 16.7 Å². The second-order valence-electron chi connectivity index (χ2n) is 6.49. The molecule has 0 atom stereocenters. The van der Waals surface area contributed by atoms with Crippen LogP contribution in [0.5, 0.6) is 0 Å². The number of aryl methyl sites for hydroxylation is 1. The fourth-order valence-electron chi connectivity index (χ4n) is 2.51. The first kappa shape index (κ1) is 17.0. The summed E-state index contributed by atoms with van der Waals surface area (Å²) in [5, 5.41) is 0. The van der Waals surface area contributed by atoms with Crippen LogP contribution >= 0.6 is 0 Å². The number of hydrogen-bond donors (Lipinski definition) is 0. The molecule has 0 bridgehead atoms. The van der Waals surface area contributed by atoms with Gasteiger partial charge in [-0.05, 0) is 47.9 Å². The largest absolute Gasteiger partial charge is 0.247 e. The van der Waals surface area contributed by atoms with Crippen LogP contribution in [0.4, 0.5) is 5.69 Å². The van der Waals surface area contributed by atoms with E-state index < -0.39 is 0 Å². The van der Waals surface area contributed by atoms with E-state index in [0.717, 1.165) is 11.3 Å². The van der Waals surface area contributed by atoms with Crippen molar-refractivity contribution in [2.24, 2.45) is 4.99 Å². The van der Waals surface area contributed by atoms with Crippen molar-refractivity contribution in [3.63, 3.8) is 0 Å². The molecule has 118 valence electrons. The summed E-state index contributed by atoms with van der Waals surface area (Å²) in [6.07, 6.45) is 1.73. The molecule has 0 aliphatic rings. The first-order valence-electron chi connectivity index (χ1n) is 8.22. The zero-order chi connectivity index (χ0) is 16.8. The van der Waals surface area contributed by atoms with Gasteiger partial charge in [0.15, 0.2) is 0 Å². The van der Waals surface area contributed by atoms with Gasteiger partial charge in [0, 0.05) is 5.56 Å². The minimum atomic E-state index is 0.450. The number of rotatable bonds is 3. The van der Waals surface area contributed by atoms with Gasteiger partial charge in [0.25, 0.3) is 0 Å². The van der Waals surface area contributed by atoms with E-state index in [-0.39, 0.29) is 0 Å². The lowest BCUT2D eigenvalue weighted by atomic mass is 9.93. The molecule has 1 nitrogen and oxygen atoms in total. The molecule has 23 heavy (non-hydrogen) atoms. The summed E-state index contributed by atoms with van der Waals surface area (Å²) in [4.78, 5) is 4.68. The first-order valence-corrected chi connectivity index (χ1v) is 8.22. The van der Waals surface area contributed by atoms with Gasteiger partial charge in [-0.2, -0.15) is 0 Å². The van der Waals surface area contributed by atoms with Crippen LogP contribution in [-0.2, 0) is 0 Å². The Labute approximate surface area is 140 Å². The maximum Gasteiger partial charge on any atom is 0.0777 e. The van der Waals surface area contributed by atoms with E-state index in [0.29, 0.717) is 11.8 Å². The third-order valence-electron chi connectivity index (χ3n) is 3.87. The Morgan fingerprint density at radius 2 is 1.43 bits per heavy atom. The molecular weight excluding hydrogens is 278 g/mol. The third-order valence-corrected chi connectivity index (χ3v) is 3.87. The molecule has 2 rings (SSSR count). The first-order chi connectivity index (χ1) is 11.0. The van der Waals surface area contributed by atoms with Gasteiger partial charge in [0.1, 0.15) is 0 Å². The molecule has 0 saturated carbocycles. The number of benzene rings is 2. The summed E-state index contributed by atoms with van der Waals surface area (Å²) in [5.41, 5.74) is 5.91. The lowest BCUT2D eigenvalue weighted by Gasteiger charge is -2.15. The van der Waals surface area contributed by atoms with Crippen molar-refractivity contribution in [2.45, 2.75) is 46.5 Å². The number of aliphatic imine (C=N–C) groups is 1. The highest BCUT2D eigenvalue weighted by Crippen LogP contribution is 2.34. The predicted molar refractivity (Wildman–Crippen MR) is 101 cm³/mol. The average molecular weight is 303 g/mol. The van der Waals surface area contributed by atoms with Gasteiger partial charge < -0.3 is 0 Å². The van der Waals surface area contributed by atoms with Crippen LogP contribution in [0.3, 0.4) is 0 Å². The van der Waals surface area contributed by atoms with Gasteiger partial charge >= 0.3 is 0 Å². The van der Waals surface area contributed by atoms with Crippen LogP contribution in [0.25, 0.3) is 0 Å². The van der Waals surface area contributed by atoms with Gasteiger partial charge in [0.2, 0.25) is 0 Å². The quantitative estimate of drug-likeness (QED) is 0.487. The molecule has 0 aliphatic heterocycles. The maximum atomic E-state index is 4.68. The monoisotopic (exact) mass is 303 g/mol. The summed E-state index contributed by atoms with van der Waals surface area (Å²) in [6.45, 7) is 10.9. The fourth-order valence-corrected chi connectivity index (χ4v) is 2.51. The molecule has 0 amide bonds. The van der Waals surface area contributed by atoms with Crippen LogP contribution in [0.1, 0.15) is 61.8 Å². The molecule has 0 N–H and O–H groups in total. The lowest BCUT2D eigenvalue weighted by Crippen LogP contribution is -1.95. The molecule has 0 unspecified atom stereocenters. The highest BCUT2D eigenvalue weighted by atomic mass is 14.7. The molecular formula is C22H25N. The molecule has 0 aromatic heterocycles. The Morgan fingerprint density at radius 3 is 1.96 bits per heavy atom. The summed E-state index contributed by atoms with van der Waals surface area (Å²) >= 11 is 0.